The molecule has 2 N–H and O–H groups in total. The molecule has 1 atom stereocenters. The number of benzene rings is 1. The minimum absolute atomic E-state index is 0.00590. The van der Waals surface area contributed by atoms with Crippen LogP contribution in [0.5, 0.6) is 0 Å². The van der Waals surface area contributed by atoms with Crippen molar-refractivity contribution in [1.29, 1.82) is 0 Å². The zero-order valence-electron chi connectivity index (χ0n) is 14.9. The molecule has 0 bridgehead atoms. The smallest absolute Gasteiger partial charge is 0.278 e. The van der Waals surface area contributed by atoms with Gasteiger partial charge in [0.2, 0.25) is 10.0 Å². The molecule has 1 aromatic rings. The van der Waals surface area contributed by atoms with Crippen molar-refractivity contribution in [1.82, 2.24) is 9.62 Å². The van der Waals surface area contributed by atoms with Crippen LogP contribution >= 0.6 is 0 Å². The Morgan fingerprint density at radius 2 is 1.76 bits per heavy atom. The molecule has 138 valence electrons. The third-order valence-corrected chi connectivity index (χ3v) is 6.53. The Hall–Kier alpha value is -1.77. The van der Waals surface area contributed by atoms with Gasteiger partial charge in [0.25, 0.3) is 5.91 Å². The molecule has 1 saturated heterocycles. The first-order chi connectivity index (χ1) is 11.8. The van der Waals surface area contributed by atoms with Gasteiger partial charge in [0.15, 0.2) is 11.8 Å². The van der Waals surface area contributed by atoms with E-state index in [1.807, 2.05) is 13.8 Å². The lowest BCUT2D eigenvalue weighted by Gasteiger charge is -2.34. The molecule has 25 heavy (non-hydrogen) atoms. The van der Waals surface area contributed by atoms with Gasteiger partial charge < -0.3 is 10.2 Å². The van der Waals surface area contributed by atoms with Crippen molar-refractivity contribution in [3.8, 4) is 0 Å². The maximum atomic E-state index is 12.7. The molecule has 0 radical (unpaired) electrons. The van der Waals surface area contributed by atoms with Gasteiger partial charge in [-0.2, -0.15) is 4.31 Å². The molecule has 2 rings (SSSR count). The third kappa shape index (κ3) is 4.45. The highest BCUT2D eigenvalue weighted by molar-refractivity contribution is 7.89. The SMILES string of the molecule is CCNC(=O)[C@@H](C)[NH+]1CCN(S(=O)(=O)c2ccc(C(C)=O)cc2)CC1. The first-order valence-corrected chi connectivity index (χ1v) is 9.94. The molecule has 1 aliphatic rings. The number of carbonyl (C=O) groups is 2. The highest BCUT2D eigenvalue weighted by Crippen LogP contribution is 2.16. The second-order valence-electron chi connectivity index (χ2n) is 6.26. The molecule has 0 aliphatic carbocycles. The zero-order valence-corrected chi connectivity index (χ0v) is 15.7. The van der Waals surface area contributed by atoms with Gasteiger partial charge in [-0.25, -0.2) is 8.42 Å². The van der Waals surface area contributed by atoms with E-state index in [1.165, 1.54) is 35.5 Å². The van der Waals surface area contributed by atoms with Gasteiger partial charge in [0.05, 0.1) is 31.1 Å². The number of hydrogen-bond acceptors (Lipinski definition) is 4. The van der Waals surface area contributed by atoms with E-state index in [-0.39, 0.29) is 22.6 Å². The van der Waals surface area contributed by atoms with E-state index in [9.17, 15) is 18.0 Å². The number of sulfonamides is 1. The fourth-order valence-electron chi connectivity index (χ4n) is 2.97. The average Bonchev–Trinajstić information content (AvgIpc) is 2.61. The fourth-order valence-corrected chi connectivity index (χ4v) is 4.41. The summed E-state index contributed by atoms with van der Waals surface area (Å²) in [6.45, 7) is 7.69. The normalized spacial score (nSPS) is 17.9. The van der Waals surface area contributed by atoms with Crippen LogP contribution < -0.4 is 10.2 Å². The van der Waals surface area contributed by atoms with Crippen LogP contribution in [0.2, 0.25) is 0 Å². The highest BCUT2D eigenvalue weighted by Gasteiger charge is 2.34. The van der Waals surface area contributed by atoms with Crippen LogP contribution in [0.15, 0.2) is 29.2 Å². The Kier molecular flexibility index (Phi) is 6.31. The summed E-state index contributed by atoms with van der Waals surface area (Å²) in [6.07, 6.45) is 0. The van der Waals surface area contributed by atoms with Crippen LogP contribution in [0.3, 0.4) is 0 Å². The van der Waals surface area contributed by atoms with Crippen molar-refractivity contribution in [3.05, 3.63) is 29.8 Å². The number of nitrogens with one attached hydrogen (secondary N) is 2. The van der Waals surface area contributed by atoms with Crippen molar-refractivity contribution in [2.45, 2.75) is 31.7 Å². The Balaban J connectivity index is 2.03. The number of likely N-dealkylation sites (N-methyl/N-ethyl adjacent to an activating group) is 1. The van der Waals surface area contributed by atoms with E-state index < -0.39 is 10.0 Å². The highest BCUT2D eigenvalue weighted by atomic mass is 32.2. The minimum Gasteiger partial charge on any atom is -0.351 e. The second-order valence-corrected chi connectivity index (χ2v) is 8.20. The number of ketones is 1. The monoisotopic (exact) mass is 368 g/mol. The quantitative estimate of drug-likeness (QED) is 0.650. The van der Waals surface area contributed by atoms with E-state index in [0.29, 0.717) is 38.3 Å². The Morgan fingerprint density at radius 1 is 1.20 bits per heavy atom. The molecule has 0 saturated carbocycles. The number of quaternary nitrogens is 1. The minimum atomic E-state index is -3.58. The Bertz CT molecular complexity index is 723. The lowest BCUT2D eigenvalue weighted by molar-refractivity contribution is -0.917. The summed E-state index contributed by atoms with van der Waals surface area (Å²) < 4.78 is 26.9. The predicted molar refractivity (Wildman–Crippen MR) is 94.0 cm³/mol. The van der Waals surface area contributed by atoms with Gasteiger partial charge in [0.1, 0.15) is 0 Å². The maximum absolute atomic E-state index is 12.7. The molecular formula is C17H26N3O4S+. The van der Waals surface area contributed by atoms with Gasteiger partial charge in [-0.1, -0.05) is 12.1 Å². The molecule has 1 aromatic carbocycles. The second kappa shape index (κ2) is 8.07. The van der Waals surface area contributed by atoms with Crippen LogP contribution in [0.4, 0.5) is 0 Å². The third-order valence-electron chi connectivity index (χ3n) is 4.62. The molecule has 1 aliphatic heterocycles. The molecule has 1 amide bonds. The number of nitrogens with zero attached hydrogens (tertiary/aromatic N) is 1. The molecule has 7 nitrogen and oxygen atoms in total. The Morgan fingerprint density at radius 3 is 2.24 bits per heavy atom. The van der Waals surface area contributed by atoms with Crippen LogP contribution in [0.1, 0.15) is 31.1 Å². The lowest BCUT2D eigenvalue weighted by atomic mass is 10.2. The number of rotatable bonds is 6. The van der Waals surface area contributed by atoms with Crippen molar-refractivity contribution < 1.29 is 22.9 Å². The predicted octanol–water partition coefficient (Wildman–Crippen LogP) is -0.697. The standard InChI is InChI=1S/C17H25N3O4S/c1-4-18-17(22)13(2)19-9-11-20(12-10-19)25(23,24)16-7-5-15(6-8-16)14(3)21/h5-8,13H,4,9-12H2,1-3H3,(H,18,22)/p+1/t13-/m1/s1. The summed E-state index contributed by atoms with van der Waals surface area (Å²) in [6, 6.07) is 5.83. The van der Waals surface area contributed by atoms with Gasteiger partial charge in [0, 0.05) is 12.1 Å². The van der Waals surface area contributed by atoms with Crippen LogP contribution in [0, 0.1) is 0 Å². The molecule has 1 fully saturated rings. The molecule has 0 aromatic heterocycles. The molecule has 0 spiro atoms. The van der Waals surface area contributed by atoms with Gasteiger partial charge in [-0.15, -0.1) is 0 Å². The van der Waals surface area contributed by atoms with Crippen LogP contribution in [-0.4, -0.2) is 63.2 Å². The van der Waals surface area contributed by atoms with Crippen molar-refractivity contribution in [3.63, 3.8) is 0 Å². The summed E-state index contributed by atoms with van der Waals surface area (Å²) in [5.41, 5.74) is 0.490. The van der Waals surface area contributed by atoms with Crippen molar-refractivity contribution in [2.75, 3.05) is 32.7 Å². The first kappa shape index (κ1) is 19.6. The van der Waals surface area contributed by atoms with Crippen molar-refractivity contribution in [2.24, 2.45) is 0 Å². The number of amides is 1. The average molecular weight is 368 g/mol. The zero-order chi connectivity index (χ0) is 18.6. The number of Topliss-reactive ketones (excluding diaryl/α,β-unsaturated/α-hetero) is 1. The number of piperazine rings is 1. The summed E-state index contributed by atoms with van der Waals surface area (Å²) in [5.74, 6) is -0.103. The van der Waals surface area contributed by atoms with Gasteiger partial charge >= 0.3 is 0 Å². The molecular weight excluding hydrogens is 342 g/mol. The fraction of sp³-hybridized carbons (Fsp3) is 0.529. The van der Waals surface area contributed by atoms with Gasteiger partial charge in [-0.3, -0.25) is 9.59 Å². The summed E-state index contributed by atoms with van der Waals surface area (Å²) in [4.78, 5) is 24.5. The summed E-state index contributed by atoms with van der Waals surface area (Å²) in [5, 5.41) is 2.81. The largest absolute Gasteiger partial charge is 0.351 e. The van der Waals surface area contributed by atoms with E-state index in [4.69, 9.17) is 0 Å². The lowest BCUT2D eigenvalue weighted by Crippen LogP contribution is -3.19. The molecule has 8 heteroatoms. The van der Waals surface area contributed by atoms with Crippen LogP contribution in [-0.2, 0) is 14.8 Å². The van der Waals surface area contributed by atoms with E-state index in [0.717, 1.165) is 4.90 Å². The first-order valence-electron chi connectivity index (χ1n) is 8.50. The van der Waals surface area contributed by atoms with Crippen LogP contribution in [0.25, 0.3) is 0 Å². The summed E-state index contributed by atoms with van der Waals surface area (Å²) in [7, 11) is -3.58. The topological polar surface area (TPSA) is 88.0 Å². The maximum Gasteiger partial charge on any atom is 0.278 e. The van der Waals surface area contributed by atoms with Gasteiger partial charge in [-0.05, 0) is 32.9 Å². The number of hydrogen-bond donors (Lipinski definition) is 2. The molecule has 0 unspecified atom stereocenters. The number of carbonyl (C=O) groups excluding carboxylic acids is 2. The Labute approximate surface area is 149 Å². The molecule has 1 heterocycles. The van der Waals surface area contributed by atoms with Crippen molar-refractivity contribution >= 4 is 21.7 Å². The summed E-state index contributed by atoms with van der Waals surface area (Å²) >= 11 is 0. The van der Waals surface area contributed by atoms with E-state index >= 15 is 0 Å². The van der Waals surface area contributed by atoms with E-state index in [1.54, 1.807) is 0 Å². The van der Waals surface area contributed by atoms with E-state index in [2.05, 4.69) is 5.32 Å².